The molecular weight excluding hydrogens is 310 g/mol. The number of carboxylic acid groups (broad SMARTS) is 1. The van der Waals surface area contributed by atoms with E-state index in [2.05, 4.69) is 0 Å². The highest BCUT2D eigenvalue weighted by Gasteiger charge is 2.32. The van der Waals surface area contributed by atoms with E-state index in [4.69, 9.17) is 9.47 Å². The largest absolute Gasteiger partial charge is 0.493 e. The zero-order chi connectivity index (χ0) is 17.7. The van der Waals surface area contributed by atoms with Crippen molar-refractivity contribution < 1.29 is 24.2 Å². The monoisotopic (exact) mass is 335 g/mol. The summed E-state index contributed by atoms with van der Waals surface area (Å²) < 4.78 is 10.9. The molecule has 1 aliphatic heterocycles. The van der Waals surface area contributed by atoms with E-state index in [1.54, 1.807) is 23.1 Å². The molecule has 0 bridgehead atoms. The maximum atomic E-state index is 12.7. The van der Waals surface area contributed by atoms with Crippen molar-refractivity contribution in [3.63, 3.8) is 0 Å². The van der Waals surface area contributed by atoms with Crippen LogP contribution in [0.15, 0.2) is 18.2 Å². The lowest BCUT2D eigenvalue weighted by atomic mass is 9.90. The number of carbonyl (C=O) groups is 2. The van der Waals surface area contributed by atoms with Gasteiger partial charge in [0, 0.05) is 18.7 Å². The lowest BCUT2D eigenvalue weighted by molar-refractivity contribution is -0.143. The van der Waals surface area contributed by atoms with Crippen LogP contribution in [0.4, 0.5) is 0 Å². The number of ether oxygens (including phenoxy) is 2. The van der Waals surface area contributed by atoms with Crippen molar-refractivity contribution in [1.82, 2.24) is 4.90 Å². The number of hydrogen-bond donors (Lipinski definition) is 1. The van der Waals surface area contributed by atoms with Crippen LogP contribution in [0.3, 0.4) is 0 Å². The summed E-state index contributed by atoms with van der Waals surface area (Å²) in [6.07, 6.45) is 1.48. The number of rotatable bonds is 6. The Morgan fingerprint density at radius 3 is 2.67 bits per heavy atom. The standard InChI is InChI=1S/C18H25NO5/c1-4-7-24-15-6-5-13(9-16(15)23-3)17(20)19-10-12(2)8-14(11-19)18(21)22/h5-6,9,12,14H,4,7-8,10-11H2,1-3H3,(H,21,22). The Balaban J connectivity index is 2.17. The van der Waals surface area contributed by atoms with Gasteiger partial charge in [0.05, 0.1) is 19.6 Å². The van der Waals surface area contributed by atoms with Crippen molar-refractivity contribution in [1.29, 1.82) is 0 Å². The van der Waals surface area contributed by atoms with Crippen molar-refractivity contribution in [2.45, 2.75) is 26.7 Å². The van der Waals surface area contributed by atoms with Gasteiger partial charge in [-0.1, -0.05) is 13.8 Å². The van der Waals surface area contributed by atoms with Gasteiger partial charge in [0.25, 0.3) is 5.91 Å². The second-order valence-electron chi connectivity index (χ2n) is 6.30. The van der Waals surface area contributed by atoms with E-state index < -0.39 is 11.9 Å². The third-order valence-electron chi connectivity index (χ3n) is 4.17. The number of hydrogen-bond acceptors (Lipinski definition) is 4. The molecular formula is C18H25NO5. The molecule has 1 heterocycles. The van der Waals surface area contributed by atoms with E-state index in [0.29, 0.717) is 36.6 Å². The Morgan fingerprint density at radius 1 is 1.29 bits per heavy atom. The van der Waals surface area contributed by atoms with Crippen LogP contribution >= 0.6 is 0 Å². The summed E-state index contributed by atoms with van der Waals surface area (Å²) in [6, 6.07) is 5.08. The average molecular weight is 335 g/mol. The summed E-state index contributed by atoms with van der Waals surface area (Å²) >= 11 is 0. The SMILES string of the molecule is CCCOc1ccc(C(=O)N2CC(C)CC(C(=O)O)C2)cc1OC. The van der Waals surface area contributed by atoms with E-state index in [0.717, 1.165) is 6.42 Å². The molecule has 0 radical (unpaired) electrons. The predicted octanol–water partition coefficient (Wildman–Crippen LogP) is 2.67. The van der Waals surface area contributed by atoms with Gasteiger partial charge >= 0.3 is 5.97 Å². The maximum absolute atomic E-state index is 12.7. The highest BCUT2D eigenvalue weighted by molar-refractivity contribution is 5.95. The third-order valence-corrected chi connectivity index (χ3v) is 4.17. The first kappa shape index (κ1) is 18.1. The van der Waals surface area contributed by atoms with Crippen LogP contribution in [0, 0.1) is 11.8 Å². The number of piperidine rings is 1. The van der Waals surface area contributed by atoms with Crippen molar-refractivity contribution in [3.8, 4) is 11.5 Å². The third kappa shape index (κ3) is 4.19. The number of carbonyl (C=O) groups excluding carboxylic acids is 1. The molecule has 1 saturated heterocycles. The number of carboxylic acids is 1. The Labute approximate surface area is 142 Å². The number of methoxy groups -OCH3 is 1. The molecule has 1 aliphatic rings. The average Bonchev–Trinajstić information content (AvgIpc) is 2.58. The van der Waals surface area contributed by atoms with Crippen molar-refractivity contribution >= 4 is 11.9 Å². The molecule has 1 N–H and O–H groups in total. The van der Waals surface area contributed by atoms with Crippen molar-refractivity contribution in [2.24, 2.45) is 11.8 Å². The normalized spacial score (nSPS) is 20.5. The topological polar surface area (TPSA) is 76.1 Å². The van der Waals surface area contributed by atoms with Crippen LogP contribution in [-0.2, 0) is 4.79 Å². The number of aliphatic carboxylic acids is 1. The zero-order valence-corrected chi connectivity index (χ0v) is 14.4. The lowest BCUT2D eigenvalue weighted by Crippen LogP contribution is -2.45. The van der Waals surface area contributed by atoms with Crippen LogP contribution in [0.1, 0.15) is 37.0 Å². The predicted molar refractivity (Wildman–Crippen MR) is 89.6 cm³/mol. The van der Waals surface area contributed by atoms with Gasteiger partial charge < -0.3 is 19.5 Å². The zero-order valence-electron chi connectivity index (χ0n) is 14.4. The molecule has 6 nitrogen and oxygen atoms in total. The van der Waals surface area contributed by atoms with E-state index in [9.17, 15) is 14.7 Å². The highest BCUT2D eigenvalue weighted by atomic mass is 16.5. The summed E-state index contributed by atoms with van der Waals surface area (Å²) in [5, 5.41) is 9.25. The fourth-order valence-corrected chi connectivity index (χ4v) is 3.01. The highest BCUT2D eigenvalue weighted by Crippen LogP contribution is 2.30. The van der Waals surface area contributed by atoms with Crippen molar-refractivity contribution in [3.05, 3.63) is 23.8 Å². The van der Waals surface area contributed by atoms with Gasteiger partial charge in [0.15, 0.2) is 11.5 Å². The molecule has 0 saturated carbocycles. The van der Waals surface area contributed by atoms with Crippen LogP contribution in [0.5, 0.6) is 11.5 Å². The summed E-state index contributed by atoms with van der Waals surface area (Å²) in [7, 11) is 1.53. The molecule has 2 unspecified atom stereocenters. The first-order valence-electron chi connectivity index (χ1n) is 8.29. The minimum Gasteiger partial charge on any atom is -0.493 e. The second-order valence-corrected chi connectivity index (χ2v) is 6.30. The Hall–Kier alpha value is -2.24. The Morgan fingerprint density at radius 2 is 2.04 bits per heavy atom. The minimum absolute atomic E-state index is 0.165. The van der Waals surface area contributed by atoms with Crippen LogP contribution in [0.25, 0.3) is 0 Å². The minimum atomic E-state index is -0.847. The molecule has 0 aliphatic carbocycles. The molecule has 0 aromatic heterocycles. The van der Waals surface area contributed by atoms with Gasteiger partial charge in [-0.15, -0.1) is 0 Å². The van der Waals surface area contributed by atoms with Gasteiger partial charge in [-0.3, -0.25) is 9.59 Å². The van der Waals surface area contributed by atoms with Gasteiger partial charge in [0.1, 0.15) is 0 Å². The molecule has 2 atom stereocenters. The van der Waals surface area contributed by atoms with Gasteiger partial charge in [-0.05, 0) is 37.0 Å². The number of nitrogens with zero attached hydrogens (tertiary/aromatic N) is 1. The van der Waals surface area contributed by atoms with Gasteiger partial charge in [-0.2, -0.15) is 0 Å². The molecule has 1 aromatic carbocycles. The fraction of sp³-hybridized carbons (Fsp3) is 0.556. The summed E-state index contributed by atoms with van der Waals surface area (Å²) in [5.74, 6) is -0.251. The second kappa shape index (κ2) is 8.04. The van der Waals surface area contributed by atoms with Crippen LogP contribution in [0.2, 0.25) is 0 Å². The van der Waals surface area contributed by atoms with E-state index in [1.165, 1.54) is 7.11 Å². The quantitative estimate of drug-likeness (QED) is 0.865. The molecule has 1 aromatic rings. The summed E-state index contributed by atoms with van der Waals surface area (Å²) in [5.41, 5.74) is 0.480. The van der Waals surface area contributed by atoms with Gasteiger partial charge in [-0.25, -0.2) is 0 Å². The molecule has 1 fully saturated rings. The van der Waals surface area contributed by atoms with E-state index in [1.807, 2.05) is 13.8 Å². The Kier molecular flexibility index (Phi) is 6.06. The summed E-state index contributed by atoms with van der Waals surface area (Å²) in [6.45, 7) is 5.37. The molecule has 24 heavy (non-hydrogen) atoms. The first-order chi connectivity index (χ1) is 11.5. The Bertz CT molecular complexity index is 601. The number of amides is 1. The smallest absolute Gasteiger partial charge is 0.308 e. The van der Waals surface area contributed by atoms with Crippen molar-refractivity contribution in [2.75, 3.05) is 26.8 Å². The maximum Gasteiger partial charge on any atom is 0.308 e. The van der Waals surface area contributed by atoms with E-state index >= 15 is 0 Å². The lowest BCUT2D eigenvalue weighted by Gasteiger charge is -2.34. The molecule has 132 valence electrons. The van der Waals surface area contributed by atoms with E-state index in [-0.39, 0.29) is 18.4 Å². The first-order valence-corrected chi connectivity index (χ1v) is 8.29. The summed E-state index contributed by atoms with van der Waals surface area (Å²) in [4.78, 5) is 25.6. The van der Waals surface area contributed by atoms with Crippen LogP contribution < -0.4 is 9.47 Å². The number of benzene rings is 1. The molecule has 6 heteroatoms. The number of likely N-dealkylation sites (tertiary alicyclic amines) is 1. The molecule has 2 rings (SSSR count). The molecule has 0 spiro atoms. The molecule has 1 amide bonds. The fourth-order valence-electron chi connectivity index (χ4n) is 3.01. The van der Waals surface area contributed by atoms with Crippen LogP contribution in [-0.4, -0.2) is 48.7 Å². The van der Waals surface area contributed by atoms with Gasteiger partial charge in [0.2, 0.25) is 0 Å².